The number of aromatic amines is 1. The number of piperazine rings is 1. The van der Waals surface area contributed by atoms with E-state index in [4.69, 9.17) is 0 Å². The number of piperidine rings is 1. The van der Waals surface area contributed by atoms with Crippen molar-refractivity contribution in [3.05, 3.63) is 12.2 Å². The Bertz CT molecular complexity index is 557. The van der Waals surface area contributed by atoms with E-state index in [1.165, 1.54) is 6.33 Å². The lowest BCUT2D eigenvalue weighted by molar-refractivity contribution is -0.138. The minimum absolute atomic E-state index is 0.136. The molecule has 24 heavy (non-hydrogen) atoms. The summed E-state index contributed by atoms with van der Waals surface area (Å²) in [6.07, 6.45) is 3.21. The molecule has 0 spiro atoms. The van der Waals surface area contributed by atoms with E-state index in [0.29, 0.717) is 32.2 Å². The Hall–Kier alpha value is -1.96. The van der Waals surface area contributed by atoms with E-state index in [-0.39, 0.29) is 23.6 Å². The lowest BCUT2D eigenvalue weighted by Crippen LogP contribution is -2.53. The molecule has 1 aromatic rings. The fraction of sp³-hybridized carbons (Fsp3) is 0.750. The van der Waals surface area contributed by atoms with Crippen LogP contribution in [0.2, 0.25) is 0 Å². The summed E-state index contributed by atoms with van der Waals surface area (Å²) in [5, 5.41) is 6.30. The highest BCUT2D eigenvalue weighted by atomic mass is 16.2. The summed E-state index contributed by atoms with van der Waals surface area (Å²) in [7, 11) is 0. The van der Waals surface area contributed by atoms with Crippen molar-refractivity contribution in [3.63, 3.8) is 0 Å². The monoisotopic (exact) mass is 334 g/mol. The highest BCUT2D eigenvalue weighted by Gasteiger charge is 2.32. The quantitative estimate of drug-likeness (QED) is 0.854. The Morgan fingerprint density at radius 2 is 1.71 bits per heavy atom. The van der Waals surface area contributed by atoms with Crippen LogP contribution in [0.5, 0.6) is 0 Å². The van der Waals surface area contributed by atoms with Gasteiger partial charge in [0, 0.05) is 38.1 Å². The number of aromatic nitrogens is 3. The molecule has 3 rings (SSSR count). The zero-order valence-electron chi connectivity index (χ0n) is 14.4. The largest absolute Gasteiger partial charge is 0.339 e. The van der Waals surface area contributed by atoms with Gasteiger partial charge in [-0.25, -0.2) is 4.98 Å². The Kier molecular flexibility index (Phi) is 5.13. The van der Waals surface area contributed by atoms with E-state index < -0.39 is 0 Å². The number of likely N-dealkylation sites (tertiary alicyclic amines) is 1. The van der Waals surface area contributed by atoms with Crippen LogP contribution >= 0.6 is 0 Å². The van der Waals surface area contributed by atoms with Crippen LogP contribution in [0.3, 0.4) is 0 Å². The number of carbonyl (C=O) groups excluding carboxylic acids is 2. The molecule has 2 saturated heterocycles. The zero-order chi connectivity index (χ0) is 17.1. The average molecular weight is 334 g/mol. The summed E-state index contributed by atoms with van der Waals surface area (Å²) in [4.78, 5) is 34.9. The SMILES string of the molecule is CC(C)N1CCC(C(=O)N2CCN(C(=O)c3ncn[nH]3)CC2)CC1. The first-order valence-corrected chi connectivity index (χ1v) is 8.73. The number of nitrogens with one attached hydrogen (secondary N) is 1. The van der Waals surface area contributed by atoms with Crippen LogP contribution in [-0.2, 0) is 4.79 Å². The minimum atomic E-state index is -0.148. The number of hydrogen-bond acceptors (Lipinski definition) is 5. The first kappa shape index (κ1) is 16.9. The molecule has 8 heteroatoms. The van der Waals surface area contributed by atoms with Crippen molar-refractivity contribution >= 4 is 11.8 Å². The Balaban J connectivity index is 1.48. The second kappa shape index (κ2) is 7.29. The zero-order valence-corrected chi connectivity index (χ0v) is 14.4. The van der Waals surface area contributed by atoms with E-state index in [0.717, 1.165) is 25.9 Å². The maximum absolute atomic E-state index is 12.7. The first-order valence-electron chi connectivity index (χ1n) is 8.73. The van der Waals surface area contributed by atoms with E-state index in [2.05, 4.69) is 33.9 Å². The fourth-order valence-electron chi connectivity index (χ4n) is 3.51. The van der Waals surface area contributed by atoms with Crippen LogP contribution in [0.4, 0.5) is 0 Å². The van der Waals surface area contributed by atoms with Crippen molar-refractivity contribution < 1.29 is 9.59 Å². The molecule has 8 nitrogen and oxygen atoms in total. The molecular weight excluding hydrogens is 308 g/mol. The summed E-state index contributed by atoms with van der Waals surface area (Å²) in [6.45, 7) is 8.70. The first-order chi connectivity index (χ1) is 11.6. The third-order valence-electron chi connectivity index (χ3n) is 5.11. The van der Waals surface area contributed by atoms with Crippen molar-refractivity contribution in [2.45, 2.75) is 32.7 Å². The van der Waals surface area contributed by atoms with E-state index in [9.17, 15) is 9.59 Å². The van der Waals surface area contributed by atoms with Crippen LogP contribution in [0, 0.1) is 5.92 Å². The molecular formula is C16H26N6O2. The normalized spacial score (nSPS) is 20.6. The van der Waals surface area contributed by atoms with Crippen LogP contribution in [0.1, 0.15) is 37.3 Å². The second-order valence-electron chi connectivity index (χ2n) is 6.86. The van der Waals surface area contributed by atoms with Crippen molar-refractivity contribution in [1.82, 2.24) is 29.9 Å². The molecule has 0 bridgehead atoms. The summed E-state index contributed by atoms with van der Waals surface area (Å²) < 4.78 is 0. The molecule has 0 unspecified atom stereocenters. The van der Waals surface area contributed by atoms with Gasteiger partial charge < -0.3 is 14.7 Å². The lowest BCUT2D eigenvalue weighted by Gasteiger charge is -2.39. The van der Waals surface area contributed by atoms with Crippen molar-refractivity contribution in [2.75, 3.05) is 39.3 Å². The van der Waals surface area contributed by atoms with Gasteiger partial charge in [-0.05, 0) is 39.8 Å². The Morgan fingerprint density at radius 1 is 1.08 bits per heavy atom. The highest BCUT2D eigenvalue weighted by Crippen LogP contribution is 2.22. The second-order valence-corrected chi connectivity index (χ2v) is 6.86. The van der Waals surface area contributed by atoms with Gasteiger partial charge in [-0.2, -0.15) is 5.10 Å². The van der Waals surface area contributed by atoms with Gasteiger partial charge in [-0.3, -0.25) is 14.7 Å². The molecule has 2 fully saturated rings. The molecule has 2 aliphatic rings. The molecule has 3 heterocycles. The molecule has 1 aromatic heterocycles. The van der Waals surface area contributed by atoms with E-state index in [1.807, 2.05) is 4.90 Å². The van der Waals surface area contributed by atoms with Crippen LogP contribution in [-0.4, -0.2) is 87.0 Å². The van der Waals surface area contributed by atoms with Crippen LogP contribution in [0.15, 0.2) is 6.33 Å². The van der Waals surface area contributed by atoms with Gasteiger partial charge in [0.15, 0.2) is 0 Å². The smallest absolute Gasteiger partial charge is 0.291 e. The summed E-state index contributed by atoms with van der Waals surface area (Å²) >= 11 is 0. The molecule has 0 aliphatic carbocycles. The minimum Gasteiger partial charge on any atom is -0.339 e. The van der Waals surface area contributed by atoms with Gasteiger partial charge in [0.25, 0.3) is 5.91 Å². The number of carbonyl (C=O) groups is 2. The standard InChI is InChI=1S/C16H26N6O2/c1-12(2)20-5-3-13(4-6-20)15(23)21-7-9-22(10-8-21)16(24)14-17-11-18-19-14/h11-13H,3-10H2,1-2H3,(H,17,18,19). The fourth-order valence-corrected chi connectivity index (χ4v) is 3.51. The Labute approximate surface area is 142 Å². The van der Waals surface area contributed by atoms with Gasteiger partial charge in [-0.1, -0.05) is 0 Å². The average Bonchev–Trinajstić information content (AvgIpc) is 3.15. The lowest BCUT2D eigenvalue weighted by atomic mass is 9.94. The van der Waals surface area contributed by atoms with E-state index >= 15 is 0 Å². The summed E-state index contributed by atoms with van der Waals surface area (Å²) in [6, 6.07) is 0.548. The van der Waals surface area contributed by atoms with Gasteiger partial charge in [0.2, 0.25) is 11.7 Å². The van der Waals surface area contributed by atoms with Crippen molar-refractivity contribution in [2.24, 2.45) is 5.92 Å². The number of hydrogen-bond donors (Lipinski definition) is 1. The number of rotatable bonds is 3. The van der Waals surface area contributed by atoms with Gasteiger partial charge >= 0.3 is 0 Å². The third kappa shape index (κ3) is 3.58. The Morgan fingerprint density at radius 3 is 2.25 bits per heavy atom. The maximum Gasteiger partial charge on any atom is 0.291 e. The van der Waals surface area contributed by atoms with Crippen LogP contribution < -0.4 is 0 Å². The van der Waals surface area contributed by atoms with Gasteiger partial charge in [-0.15, -0.1) is 0 Å². The van der Waals surface area contributed by atoms with Crippen molar-refractivity contribution in [1.29, 1.82) is 0 Å². The summed E-state index contributed by atoms with van der Waals surface area (Å²) in [5.74, 6) is 0.502. The summed E-state index contributed by atoms with van der Waals surface area (Å²) in [5.41, 5.74) is 0. The van der Waals surface area contributed by atoms with Crippen LogP contribution in [0.25, 0.3) is 0 Å². The van der Waals surface area contributed by atoms with Crippen molar-refractivity contribution in [3.8, 4) is 0 Å². The highest BCUT2D eigenvalue weighted by molar-refractivity contribution is 5.90. The van der Waals surface area contributed by atoms with Gasteiger partial charge in [0.1, 0.15) is 6.33 Å². The molecule has 0 saturated carbocycles. The maximum atomic E-state index is 12.7. The predicted octanol–water partition coefficient (Wildman–Crippen LogP) is 0.210. The molecule has 132 valence electrons. The van der Waals surface area contributed by atoms with E-state index in [1.54, 1.807) is 4.90 Å². The molecule has 0 atom stereocenters. The number of nitrogens with zero attached hydrogens (tertiary/aromatic N) is 5. The molecule has 2 amide bonds. The molecule has 0 aromatic carbocycles. The third-order valence-corrected chi connectivity index (χ3v) is 5.11. The number of amides is 2. The number of H-pyrrole nitrogens is 1. The molecule has 1 N–H and O–H groups in total. The molecule has 0 radical (unpaired) electrons. The van der Waals surface area contributed by atoms with Gasteiger partial charge in [0.05, 0.1) is 0 Å². The molecule has 2 aliphatic heterocycles. The predicted molar refractivity (Wildman–Crippen MR) is 88.3 cm³/mol. The topological polar surface area (TPSA) is 85.4 Å².